The van der Waals surface area contributed by atoms with Gasteiger partial charge < -0.3 is 5.11 Å². The van der Waals surface area contributed by atoms with Crippen LogP contribution < -0.4 is 0 Å². The van der Waals surface area contributed by atoms with Gasteiger partial charge in [0.25, 0.3) is 0 Å². The van der Waals surface area contributed by atoms with E-state index in [1.54, 1.807) is 12.1 Å². The molecule has 1 N–H and O–H groups in total. The summed E-state index contributed by atoms with van der Waals surface area (Å²) in [5, 5.41) is 9.31. The third-order valence-electron chi connectivity index (χ3n) is 5.24. The lowest BCUT2D eigenvalue weighted by molar-refractivity contribution is -0.136. The van der Waals surface area contributed by atoms with Crippen molar-refractivity contribution in [3.05, 3.63) is 77.1 Å². The Hall–Kier alpha value is -2.22. The minimum absolute atomic E-state index is 0.0301. The largest absolute Gasteiger partial charge is 0.481 e. The standard InChI is InChI=1S/C22H23ClFNO4S/c23-18-8-6-17(7-9-18)22-16(4-2-1-3-5-21(26)27)14-15-25(22)30(28,29)20-12-10-19(24)11-13-20/h1-2,6-13,16,22H,3-5,14-15H2,(H,26,27). The summed E-state index contributed by atoms with van der Waals surface area (Å²) >= 11 is 6.01. The first-order valence-corrected chi connectivity index (χ1v) is 11.5. The van der Waals surface area contributed by atoms with Gasteiger partial charge in [0.2, 0.25) is 10.0 Å². The molecule has 3 rings (SSSR count). The number of allylic oxidation sites excluding steroid dienone is 2. The van der Waals surface area contributed by atoms with E-state index in [-0.39, 0.29) is 23.3 Å². The van der Waals surface area contributed by atoms with Crippen molar-refractivity contribution in [2.24, 2.45) is 5.92 Å². The third-order valence-corrected chi connectivity index (χ3v) is 7.39. The molecule has 0 bridgehead atoms. The second-order valence-electron chi connectivity index (χ2n) is 7.25. The molecule has 0 spiro atoms. The van der Waals surface area contributed by atoms with Crippen LogP contribution in [0.1, 0.15) is 37.3 Å². The number of rotatable bonds is 8. The molecule has 2 atom stereocenters. The van der Waals surface area contributed by atoms with Crippen molar-refractivity contribution >= 4 is 27.6 Å². The number of sulfonamides is 1. The molecular formula is C22H23ClFNO4S. The van der Waals surface area contributed by atoms with E-state index in [9.17, 15) is 17.6 Å². The summed E-state index contributed by atoms with van der Waals surface area (Å²) in [5.41, 5.74) is 0.839. The summed E-state index contributed by atoms with van der Waals surface area (Å²) in [6.45, 7) is 0.348. The Bertz CT molecular complexity index is 1010. The lowest BCUT2D eigenvalue weighted by atomic mass is 9.91. The van der Waals surface area contributed by atoms with Gasteiger partial charge in [-0.15, -0.1) is 0 Å². The number of carboxylic acids is 1. The minimum Gasteiger partial charge on any atom is -0.481 e. The van der Waals surface area contributed by atoms with Crippen molar-refractivity contribution in [1.29, 1.82) is 0 Å². The average Bonchev–Trinajstić information content (AvgIpc) is 3.13. The van der Waals surface area contributed by atoms with Crippen molar-refractivity contribution in [3.8, 4) is 0 Å². The van der Waals surface area contributed by atoms with Crippen LogP contribution in [0.2, 0.25) is 5.02 Å². The lowest BCUT2D eigenvalue weighted by Crippen LogP contribution is -2.32. The number of aliphatic carboxylic acids is 1. The fraction of sp³-hybridized carbons (Fsp3) is 0.318. The highest BCUT2D eigenvalue weighted by Crippen LogP contribution is 2.43. The van der Waals surface area contributed by atoms with Crippen molar-refractivity contribution < 1.29 is 22.7 Å². The Morgan fingerprint density at radius 3 is 2.43 bits per heavy atom. The number of carbonyl (C=O) groups is 1. The zero-order valence-corrected chi connectivity index (χ0v) is 17.8. The molecule has 0 aromatic heterocycles. The van der Waals surface area contributed by atoms with E-state index < -0.39 is 21.8 Å². The molecule has 1 aliphatic rings. The molecular weight excluding hydrogens is 429 g/mol. The van der Waals surface area contributed by atoms with Gasteiger partial charge in [0.1, 0.15) is 5.82 Å². The van der Waals surface area contributed by atoms with Crippen molar-refractivity contribution in [3.63, 3.8) is 0 Å². The smallest absolute Gasteiger partial charge is 0.303 e. The predicted octanol–water partition coefficient (Wildman–Crippen LogP) is 5.04. The van der Waals surface area contributed by atoms with E-state index in [1.165, 1.54) is 16.4 Å². The number of hydrogen-bond acceptors (Lipinski definition) is 3. The van der Waals surface area contributed by atoms with Crippen LogP contribution in [0, 0.1) is 11.7 Å². The molecule has 0 amide bonds. The van der Waals surface area contributed by atoms with Crippen LogP contribution in [0.3, 0.4) is 0 Å². The van der Waals surface area contributed by atoms with E-state index in [1.807, 2.05) is 24.3 Å². The first-order chi connectivity index (χ1) is 14.3. The maximum absolute atomic E-state index is 13.3. The lowest BCUT2D eigenvalue weighted by Gasteiger charge is -2.28. The maximum Gasteiger partial charge on any atom is 0.303 e. The quantitative estimate of drug-likeness (QED) is 0.570. The summed E-state index contributed by atoms with van der Waals surface area (Å²) in [5.74, 6) is -1.31. The van der Waals surface area contributed by atoms with Crippen LogP contribution in [-0.4, -0.2) is 30.3 Å². The van der Waals surface area contributed by atoms with Crippen LogP contribution >= 0.6 is 11.6 Å². The summed E-state index contributed by atoms with van der Waals surface area (Å²) in [4.78, 5) is 10.7. The molecule has 2 aromatic rings. The minimum atomic E-state index is -3.81. The van der Waals surface area contributed by atoms with Gasteiger partial charge in [-0.25, -0.2) is 12.8 Å². The first-order valence-electron chi connectivity index (χ1n) is 9.68. The summed E-state index contributed by atoms with van der Waals surface area (Å²) < 4.78 is 41.3. The molecule has 1 heterocycles. The molecule has 160 valence electrons. The maximum atomic E-state index is 13.3. The second kappa shape index (κ2) is 9.73. The highest BCUT2D eigenvalue weighted by atomic mass is 35.5. The molecule has 0 saturated carbocycles. The topological polar surface area (TPSA) is 74.7 Å². The number of hydrogen-bond donors (Lipinski definition) is 1. The molecule has 1 saturated heterocycles. The molecule has 1 aliphatic heterocycles. The zero-order valence-electron chi connectivity index (χ0n) is 16.2. The monoisotopic (exact) mass is 451 g/mol. The number of nitrogens with zero attached hydrogens (tertiary/aromatic N) is 1. The van der Waals surface area contributed by atoms with Gasteiger partial charge in [0.15, 0.2) is 0 Å². The fourth-order valence-corrected chi connectivity index (χ4v) is 5.59. The molecule has 0 radical (unpaired) electrons. The number of benzene rings is 2. The molecule has 2 aromatic carbocycles. The summed E-state index contributed by atoms with van der Waals surface area (Å²) in [6.07, 6.45) is 5.53. The van der Waals surface area contributed by atoms with Crippen LogP contribution in [0.4, 0.5) is 4.39 Å². The Kier molecular flexibility index (Phi) is 7.28. The van der Waals surface area contributed by atoms with Crippen molar-refractivity contribution in [2.75, 3.05) is 6.54 Å². The Morgan fingerprint density at radius 2 is 1.80 bits per heavy atom. The van der Waals surface area contributed by atoms with Crippen molar-refractivity contribution in [2.45, 2.75) is 36.6 Å². The van der Waals surface area contributed by atoms with E-state index in [0.29, 0.717) is 30.8 Å². The average molecular weight is 452 g/mol. The molecule has 0 aliphatic carbocycles. The molecule has 8 heteroatoms. The molecule has 2 unspecified atom stereocenters. The number of halogens is 2. The zero-order chi connectivity index (χ0) is 21.7. The van der Waals surface area contributed by atoms with Crippen LogP contribution in [0.5, 0.6) is 0 Å². The SMILES string of the molecule is O=C(O)CCC=CCC1CCN(S(=O)(=O)c2ccc(F)cc2)C1c1ccc(Cl)cc1. The fourth-order valence-electron chi connectivity index (χ4n) is 3.78. The molecule has 5 nitrogen and oxygen atoms in total. The van der Waals surface area contributed by atoms with E-state index >= 15 is 0 Å². The Labute approximate surface area is 180 Å². The normalized spacial score (nSPS) is 20.1. The second-order valence-corrected chi connectivity index (χ2v) is 9.58. The van der Waals surface area contributed by atoms with Gasteiger partial charge in [-0.1, -0.05) is 35.9 Å². The predicted molar refractivity (Wildman–Crippen MR) is 113 cm³/mol. The molecule has 30 heavy (non-hydrogen) atoms. The van der Waals surface area contributed by atoms with Crippen LogP contribution in [0.25, 0.3) is 0 Å². The Balaban J connectivity index is 1.87. The summed E-state index contributed by atoms with van der Waals surface area (Å²) in [7, 11) is -3.81. The van der Waals surface area contributed by atoms with Gasteiger partial charge in [0, 0.05) is 18.0 Å². The molecule has 1 fully saturated rings. The van der Waals surface area contributed by atoms with E-state index in [4.69, 9.17) is 16.7 Å². The van der Waals surface area contributed by atoms with Gasteiger partial charge in [-0.05, 0) is 67.1 Å². The Morgan fingerprint density at radius 1 is 1.13 bits per heavy atom. The number of carboxylic acid groups (broad SMARTS) is 1. The van der Waals surface area contributed by atoms with E-state index in [0.717, 1.165) is 17.7 Å². The summed E-state index contributed by atoms with van der Waals surface area (Å²) in [6, 6.07) is 11.6. The van der Waals surface area contributed by atoms with Crippen molar-refractivity contribution in [1.82, 2.24) is 4.31 Å². The van der Waals surface area contributed by atoms with Gasteiger partial charge in [-0.3, -0.25) is 4.79 Å². The third kappa shape index (κ3) is 5.28. The van der Waals surface area contributed by atoms with Gasteiger partial charge in [-0.2, -0.15) is 4.31 Å². The highest BCUT2D eigenvalue weighted by Gasteiger charge is 2.41. The van der Waals surface area contributed by atoms with Crippen LogP contribution in [0.15, 0.2) is 65.6 Å². The van der Waals surface area contributed by atoms with E-state index in [2.05, 4.69) is 0 Å². The first kappa shape index (κ1) is 22.5. The highest BCUT2D eigenvalue weighted by molar-refractivity contribution is 7.89. The van der Waals surface area contributed by atoms with Gasteiger partial charge >= 0.3 is 5.97 Å². The van der Waals surface area contributed by atoms with Gasteiger partial charge in [0.05, 0.1) is 10.9 Å². The van der Waals surface area contributed by atoms with Crippen LogP contribution in [-0.2, 0) is 14.8 Å².